The molecule has 0 aliphatic carbocycles. The SMILES string of the molecule is C=C(C[C@H](OC(=O)c1ccccc1)[C@H](C)/C(=C/C)O[Si](C)(C)C)C[C@@H](O[C@H](C)c1ccc(C(F)(F)F)cc1)[C@@H](C)/C(=C/C)OC(=O)c1ccccc1. The number of carbonyl (C=O) groups is 2. The fraction of sp³-hybridized carbons (Fsp3) is 0.381. The lowest BCUT2D eigenvalue weighted by molar-refractivity contribution is -0.137. The number of ether oxygens (including phenoxy) is 3. The molecular weight excluding hydrogens is 686 g/mol. The lowest BCUT2D eigenvalue weighted by atomic mass is 9.90. The van der Waals surface area contributed by atoms with Crippen LogP contribution in [0.25, 0.3) is 0 Å². The van der Waals surface area contributed by atoms with Crippen molar-refractivity contribution in [2.45, 2.75) is 91.6 Å². The van der Waals surface area contributed by atoms with Gasteiger partial charge in [0, 0.05) is 18.3 Å². The molecule has 0 unspecified atom stereocenters. The summed E-state index contributed by atoms with van der Waals surface area (Å²) in [6.07, 6.45) is -2.26. The Morgan fingerprint density at radius 1 is 0.731 bits per heavy atom. The molecule has 10 heteroatoms. The van der Waals surface area contributed by atoms with Gasteiger partial charge in [-0.3, -0.25) is 0 Å². The zero-order chi connectivity index (χ0) is 38.6. The van der Waals surface area contributed by atoms with Crippen LogP contribution in [0.15, 0.2) is 121 Å². The van der Waals surface area contributed by atoms with Crippen molar-refractivity contribution in [2.24, 2.45) is 11.8 Å². The highest BCUT2D eigenvalue weighted by atomic mass is 28.4. The predicted molar refractivity (Wildman–Crippen MR) is 201 cm³/mol. The molecule has 0 spiro atoms. The molecule has 0 heterocycles. The van der Waals surface area contributed by atoms with Crippen molar-refractivity contribution >= 4 is 20.3 Å². The molecule has 52 heavy (non-hydrogen) atoms. The number of hydrogen-bond acceptors (Lipinski definition) is 6. The van der Waals surface area contributed by atoms with E-state index in [9.17, 15) is 22.8 Å². The van der Waals surface area contributed by atoms with Crippen LogP contribution in [0.1, 0.15) is 85.4 Å². The van der Waals surface area contributed by atoms with Gasteiger partial charge in [0.05, 0.1) is 34.7 Å². The first kappa shape index (κ1) is 42.0. The second kappa shape index (κ2) is 18.9. The van der Waals surface area contributed by atoms with E-state index in [2.05, 4.69) is 26.2 Å². The molecule has 0 aromatic heterocycles. The molecule has 0 aliphatic heterocycles. The minimum absolute atomic E-state index is 0.262. The molecule has 3 rings (SSSR count). The van der Waals surface area contributed by atoms with Gasteiger partial charge in [-0.05, 0) is 94.9 Å². The van der Waals surface area contributed by atoms with E-state index >= 15 is 0 Å². The molecule has 0 aliphatic rings. The van der Waals surface area contributed by atoms with Crippen LogP contribution in [0.2, 0.25) is 19.6 Å². The van der Waals surface area contributed by atoms with Crippen LogP contribution in [0.4, 0.5) is 13.2 Å². The third-order valence-corrected chi connectivity index (χ3v) is 9.41. The Balaban J connectivity index is 1.93. The van der Waals surface area contributed by atoms with E-state index in [0.29, 0.717) is 28.0 Å². The van der Waals surface area contributed by atoms with E-state index < -0.39 is 56.2 Å². The monoisotopic (exact) mass is 736 g/mol. The van der Waals surface area contributed by atoms with E-state index in [-0.39, 0.29) is 18.8 Å². The van der Waals surface area contributed by atoms with Crippen molar-refractivity contribution in [1.82, 2.24) is 0 Å². The Labute approximate surface area is 307 Å². The third-order valence-electron chi connectivity index (χ3n) is 8.56. The van der Waals surface area contributed by atoms with Crippen molar-refractivity contribution in [2.75, 3.05) is 0 Å². The fourth-order valence-corrected chi connectivity index (χ4v) is 6.68. The molecule has 3 aromatic rings. The Morgan fingerprint density at radius 3 is 1.69 bits per heavy atom. The molecule has 5 atom stereocenters. The van der Waals surface area contributed by atoms with Crippen molar-refractivity contribution in [1.29, 1.82) is 0 Å². The largest absolute Gasteiger partial charge is 0.547 e. The predicted octanol–water partition coefficient (Wildman–Crippen LogP) is 11.5. The summed E-state index contributed by atoms with van der Waals surface area (Å²) in [5, 5.41) is 0. The van der Waals surface area contributed by atoms with Crippen molar-refractivity contribution < 1.29 is 41.4 Å². The maximum absolute atomic E-state index is 13.3. The minimum atomic E-state index is -4.47. The number of benzene rings is 3. The molecule has 0 bridgehead atoms. The van der Waals surface area contributed by atoms with Crippen LogP contribution in [0, 0.1) is 11.8 Å². The van der Waals surface area contributed by atoms with Gasteiger partial charge in [-0.15, -0.1) is 0 Å². The van der Waals surface area contributed by atoms with Gasteiger partial charge in [0.25, 0.3) is 0 Å². The Hall–Kier alpha value is -4.41. The maximum atomic E-state index is 13.3. The number of esters is 2. The van der Waals surface area contributed by atoms with Crippen LogP contribution >= 0.6 is 0 Å². The van der Waals surface area contributed by atoms with E-state index in [1.54, 1.807) is 74.5 Å². The van der Waals surface area contributed by atoms with E-state index in [1.165, 1.54) is 12.1 Å². The fourth-order valence-electron chi connectivity index (χ4n) is 5.67. The number of allylic oxidation sites excluding steroid dienone is 2. The Kier molecular flexibility index (Phi) is 15.3. The number of halogens is 3. The molecule has 0 saturated carbocycles. The lowest BCUT2D eigenvalue weighted by Crippen LogP contribution is -2.33. The van der Waals surface area contributed by atoms with E-state index in [1.807, 2.05) is 32.9 Å². The van der Waals surface area contributed by atoms with Gasteiger partial charge in [0.15, 0.2) is 0 Å². The zero-order valence-corrected chi connectivity index (χ0v) is 32.3. The number of hydrogen-bond donors (Lipinski definition) is 0. The van der Waals surface area contributed by atoms with Crippen LogP contribution in [0.5, 0.6) is 0 Å². The Bertz CT molecular complexity index is 1680. The molecule has 3 aromatic carbocycles. The first-order valence-corrected chi connectivity index (χ1v) is 20.9. The van der Waals surface area contributed by atoms with Gasteiger partial charge in [-0.25, -0.2) is 9.59 Å². The highest BCUT2D eigenvalue weighted by Crippen LogP contribution is 2.35. The summed E-state index contributed by atoms with van der Waals surface area (Å²) in [5.74, 6) is -0.727. The van der Waals surface area contributed by atoms with Gasteiger partial charge >= 0.3 is 18.1 Å². The van der Waals surface area contributed by atoms with E-state index in [0.717, 1.165) is 17.9 Å². The van der Waals surface area contributed by atoms with Crippen LogP contribution in [0.3, 0.4) is 0 Å². The van der Waals surface area contributed by atoms with Gasteiger partial charge in [0.2, 0.25) is 8.32 Å². The zero-order valence-electron chi connectivity index (χ0n) is 31.3. The summed E-state index contributed by atoms with van der Waals surface area (Å²) < 4.78 is 64.9. The first-order valence-electron chi connectivity index (χ1n) is 17.5. The molecule has 0 amide bonds. The molecule has 6 nitrogen and oxygen atoms in total. The van der Waals surface area contributed by atoms with Crippen LogP contribution in [-0.2, 0) is 24.8 Å². The normalized spacial score (nSPS) is 15.5. The quantitative estimate of drug-likeness (QED) is 0.0595. The summed E-state index contributed by atoms with van der Waals surface area (Å²) in [6, 6.07) is 22.2. The lowest BCUT2D eigenvalue weighted by Gasteiger charge is -2.33. The second-order valence-corrected chi connectivity index (χ2v) is 18.3. The Morgan fingerprint density at radius 2 is 1.21 bits per heavy atom. The number of alkyl halides is 3. The molecule has 0 fully saturated rings. The highest BCUT2D eigenvalue weighted by molar-refractivity contribution is 6.70. The summed E-state index contributed by atoms with van der Waals surface area (Å²) in [6.45, 7) is 19.8. The highest BCUT2D eigenvalue weighted by Gasteiger charge is 2.33. The van der Waals surface area contributed by atoms with Crippen LogP contribution < -0.4 is 0 Å². The molecule has 280 valence electrons. The molecule has 0 radical (unpaired) electrons. The summed E-state index contributed by atoms with van der Waals surface area (Å²) in [5.41, 5.74) is 1.28. The van der Waals surface area contributed by atoms with Crippen molar-refractivity contribution in [3.63, 3.8) is 0 Å². The molecule has 0 N–H and O–H groups in total. The summed E-state index contributed by atoms with van der Waals surface area (Å²) in [4.78, 5) is 26.4. The number of rotatable bonds is 17. The minimum Gasteiger partial charge on any atom is -0.547 e. The third kappa shape index (κ3) is 12.7. The maximum Gasteiger partial charge on any atom is 0.416 e. The second-order valence-electron chi connectivity index (χ2n) is 13.8. The van der Waals surface area contributed by atoms with Gasteiger partial charge in [-0.2, -0.15) is 13.2 Å². The topological polar surface area (TPSA) is 71.1 Å². The van der Waals surface area contributed by atoms with Crippen molar-refractivity contribution in [3.8, 4) is 0 Å². The van der Waals surface area contributed by atoms with Gasteiger partial charge in [-0.1, -0.05) is 80.6 Å². The van der Waals surface area contributed by atoms with E-state index in [4.69, 9.17) is 18.6 Å². The number of carbonyl (C=O) groups excluding carboxylic acids is 2. The molecular formula is C42H51F3O6Si. The summed E-state index contributed by atoms with van der Waals surface area (Å²) in [7, 11) is -2.02. The molecule has 0 saturated heterocycles. The average molecular weight is 737 g/mol. The van der Waals surface area contributed by atoms with Crippen LogP contribution in [-0.4, -0.2) is 32.5 Å². The standard InChI is InChI=1S/C42H51F3O6Si/c1-10-36(49-40(46)33-18-14-12-15-19-33)29(4)38(48-31(6)32-22-24-35(25-23-32)42(43,44)45)26-28(3)27-39(30(5)37(11-2)51-52(7,8)9)50-41(47)34-20-16-13-17-21-34/h10-25,29-31,38-39H,3,26-27H2,1-2,4-9H3/b36-10-,37-11-/t29-,30+,31+,38+,39-/m0/s1. The van der Waals surface area contributed by atoms with Gasteiger partial charge in [0.1, 0.15) is 11.9 Å². The first-order chi connectivity index (χ1) is 24.4. The van der Waals surface area contributed by atoms with Gasteiger partial charge < -0.3 is 18.6 Å². The summed E-state index contributed by atoms with van der Waals surface area (Å²) >= 11 is 0. The smallest absolute Gasteiger partial charge is 0.416 e. The van der Waals surface area contributed by atoms with Crippen molar-refractivity contribution in [3.05, 3.63) is 143 Å². The average Bonchev–Trinajstić information content (AvgIpc) is 3.11.